The van der Waals surface area contributed by atoms with E-state index in [1.165, 1.54) is 5.56 Å². The Hall–Kier alpha value is -0.830. The number of aryl methyl sites for hydroxylation is 1. The van der Waals surface area contributed by atoms with Crippen molar-refractivity contribution in [3.63, 3.8) is 0 Å². The first-order valence-corrected chi connectivity index (χ1v) is 6.79. The van der Waals surface area contributed by atoms with E-state index in [2.05, 4.69) is 46.0 Å². The summed E-state index contributed by atoms with van der Waals surface area (Å²) >= 11 is 3.51. The van der Waals surface area contributed by atoms with Crippen LogP contribution in [0.2, 0.25) is 0 Å². The van der Waals surface area contributed by atoms with Gasteiger partial charge in [-0.15, -0.1) is 0 Å². The number of Topliss-reactive ketones (excluding diaryl/α,β-unsaturated/α-hetero) is 1. The lowest BCUT2D eigenvalue weighted by Crippen LogP contribution is -2.54. The van der Waals surface area contributed by atoms with Crippen molar-refractivity contribution in [3.05, 3.63) is 28.2 Å². The van der Waals surface area contributed by atoms with Crippen LogP contribution >= 0.6 is 15.9 Å². The largest absolute Gasteiger partial charge is 0.359 e. The number of piperidine rings is 1. The third-order valence-corrected chi connectivity index (χ3v) is 4.49. The number of hydrogen-bond donors (Lipinski definition) is 0. The van der Waals surface area contributed by atoms with Crippen molar-refractivity contribution in [2.45, 2.75) is 39.2 Å². The van der Waals surface area contributed by atoms with Gasteiger partial charge in [0, 0.05) is 23.1 Å². The minimum absolute atomic E-state index is 0.337. The zero-order valence-electron chi connectivity index (χ0n) is 10.6. The summed E-state index contributed by atoms with van der Waals surface area (Å²) < 4.78 is 1.11. The maximum atomic E-state index is 12.0. The summed E-state index contributed by atoms with van der Waals surface area (Å²) in [4.78, 5) is 14.2. The Morgan fingerprint density at radius 1 is 1.35 bits per heavy atom. The van der Waals surface area contributed by atoms with Crippen LogP contribution in [0.15, 0.2) is 22.7 Å². The highest BCUT2D eigenvalue weighted by Gasteiger charge is 2.37. The maximum Gasteiger partial charge on any atom is 0.157 e. The molecule has 0 atom stereocenters. The lowest BCUT2D eigenvalue weighted by molar-refractivity contribution is -0.124. The second kappa shape index (κ2) is 4.45. The lowest BCUT2D eigenvalue weighted by Gasteiger charge is -2.43. The molecule has 0 aromatic heterocycles. The van der Waals surface area contributed by atoms with Gasteiger partial charge in [-0.25, -0.2) is 0 Å². The van der Waals surface area contributed by atoms with Crippen molar-refractivity contribution in [3.8, 4) is 0 Å². The number of anilines is 1. The summed E-state index contributed by atoms with van der Waals surface area (Å²) in [5.41, 5.74) is 1.97. The number of nitrogens with zero attached hydrogens (tertiary/aromatic N) is 1. The molecular weight excluding hydrogens is 278 g/mol. The molecule has 1 fully saturated rings. The fourth-order valence-electron chi connectivity index (χ4n) is 2.38. The Bertz CT molecular complexity index is 454. The van der Waals surface area contributed by atoms with Gasteiger partial charge in [-0.3, -0.25) is 4.79 Å². The van der Waals surface area contributed by atoms with E-state index in [0.717, 1.165) is 23.1 Å². The molecular formula is C14H18BrNO. The Morgan fingerprint density at radius 2 is 2.06 bits per heavy atom. The third kappa shape index (κ3) is 2.25. The molecule has 1 heterocycles. The molecule has 0 saturated carbocycles. The molecule has 1 aromatic rings. The number of benzene rings is 1. The molecule has 1 aromatic carbocycles. The zero-order chi connectivity index (χ0) is 12.6. The van der Waals surface area contributed by atoms with E-state index in [9.17, 15) is 4.79 Å². The van der Waals surface area contributed by atoms with Crippen molar-refractivity contribution in [2.75, 3.05) is 11.4 Å². The van der Waals surface area contributed by atoms with Gasteiger partial charge in [-0.05, 0) is 51.0 Å². The van der Waals surface area contributed by atoms with E-state index in [1.807, 2.05) is 13.8 Å². The van der Waals surface area contributed by atoms with Crippen LogP contribution in [0.4, 0.5) is 5.69 Å². The Morgan fingerprint density at radius 3 is 2.71 bits per heavy atom. The van der Waals surface area contributed by atoms with Crippen LogP contribution in [0.25, 0.3) is 0 Å². The highest BCUT2D eigenvalue weighted by Crippen LogP contribution is 2.32. The molecule has 1 aliphatic rings. The van der Waals surface area contributed by atoms with Crippen LogP contribution in [0, 0.1) is 6.92 Å². The van der Waals surface area contributed by atoms with Crippen molar-refractivity contribution in [1.82, 2.24) is 0 Å². The van der Waals surface area contributed by atoms with E-state index in [4.69, 9.17) is 0 Å². The SMILES string of the molecule is Cc1cc(N2CCCC(=O)C2(C)C)ccc1Br. The van der Waals surface area contributed by atoms with Crippen LogP contribution in [0.1, 0.15) is 32.3 Å². The van der Waals surface area contributed by atoms with Gasteiger partial charge in [-0.1, -0.05) is 15.9 Å². The van der Waals surface area contributed by atoms with Crippen molar-refractivity contribution in [1.29, 1.82) is 0 Å². The van der Waals surface area contributed by atoms with Gasteiger partial charge in [0.25, 0.3) is 0 Å². The van der Waals surface area contributed by atoms with Crippen LogP contribution in [0.3, 0.4) is 0 Å². The summed E-state index contributed by atoms with van der Waals surface area (Å²) in [6.07, 6.45) is 1.66. The summed E-state index contributed by atoms with van der Waals surface area (Å²) in [5, 5.41) is 0. The zero-order valence-corrected chi connectivity index (χ0v) is 12.2. The molecule has 3 heteroatoms. The normalized spacial score (nSPS) is 19.5. The molecule has 2 rings (SSSR count). The minimum atomic E-state index is -0.376. The summed E-state index contributed by atoms with van der Waals surface area (Å²) in [6.45, 7) is 7.07. The summed E-state index contributed by atoms with van der Waals surface area (Å²) in [6, 6.07) is 6.28. The predicted molar refractivity (Wildman–Crippen MR) is 74.5 cm³/mol. The molecule has 2 nitrogen and oxygen atoms in total. The quantitative estimate of drug-likeness (QED) is 0.787. The smallest absolute Gasteiger partial charge is 0.157 e. The second-order valence-corrected chi connectivity index (χ2v) is 6.03. The van der Waals surface area contributed by atoms with Gasteiger partial charge < -0.3 is 4.90 Å². The molecule has 0 radical (unpaired) electrons. The number of halogens is 1. The van der Waals surface area contributed by atoms with Crippen LogP contribution < -0.4 is 4.90 Å². The first-order valence-electron chi connectivity index (χ1n) is 6.00. The molecule has 0 aliphatic carbocycles. The lowest BCUT2D eigenvalue weighted by atomic mass is 9.88. The van der Waals surface area contributed by atoms with E-state index < -0.39 is 0 Å². The number of hydrogen-bond acceptors (Lipinski definition) is 2. The van der Waals surface area contributed by atoms with E-state index in [0.29, 0.717) is 12.2 Å². The maximum absolute atomic E-state index is 12.0. The fourth-order valence-corrected chi connectivity index (χ4v) is 2.63. The number of rotatable bonds is 1. The predicted octanol–water partition coefficient (Wildman–Crippen LogP) is 3.71. The number of carbonyl (C=O) groups excluding carboxylic acids is 1. The van der Waals surface area contributed by atoms with Crippen LogP contribution in [-0.4, -0.2) is 17.9 Å². The van der Waals surface area contributed by atoms with Gasteiger partial charge in [0.15, 0.2) is 5.78 Å². The van der Waals surface area contributed by atoms with E-state index in [1.54, 1.807) is 0 Å². The van der Waals surface area contributed by atoms with E-state index >= 15 is 0 Å². The highest BCUT2D eigenvalue weighted by molar-refractivity contribution is 9.10. The van der Waals surface area contributed by atoms with Crippen molar-refractivity contribution in [2.24, 2.45) is 0 Å². The van der Waals surface area contributed by atoms with Gasteiger partial charge in [-0.2, -0.15) is 0 Å². The summed E-state index contributed by atoms with van der Waals surface area (Å²) in [5.74, 6) is 0.337. The van der Waals surface area contributed by atoms with E-state index in [-0.39, 0.29) is 5.54 Å². The molecule has 17 heavy (non-hydrogen) atoms. The van der Waals surface area contributed by atoms with Crippen molar-refractivity contribution < 1.29 is 4.79 Å². The average Bonchev–Trinajstić information content (AvgIpc) is 2.26. The molecule has 0 N–H and O–H groups in total. The average molecular weight is 296 g/mol. The number of ketones is 1. The minimum Gasteiger partial charge on any atom is -0.359 e. The molecule has 0 amide bonds. The van der Waals surface area contributed by atoms with Crippen LogP contribution in [-0.2, 0) is 4.79 Å². The first kappa shape index (κ1) is 12.6. The topological polar surface area (TPSA) is 20.3 Å². The molecule has 1 aliphatic heterocycles. The Balaban J connectivity index is 2.38. The van der Waals surface area contributed by atoms with Gasteiger partial charge >= 0.3 is 0 Å². The third-order valence-electron chi connectivity index (χ3n) is 3.60. The standard InChI is InChI=1S/C14H18BrNO/c1-10-9-11(6-7-12(10)15)16-8-4-5-13(17)14(16,2)3/h6-7,9H,4-5,8H2,1-3H3. The summed E-state index contributed by atoms with van der Waals surface area (Å²) in [7, 11) is 0. The van der Waals surface area contributed by atoms with Crippen molar-refractivity contribution >= 4 is 27.4 Å². The number of carbonyl (C=O) groups is 1. The molecule has 0 bridgehead atoms. The van der Waals surface area contributed by atoms with Gasteiger partial charge in [0.1, 0.15) is 0 Å². The molecule has 0 spiro atoms. The van der Waals surface area contributed by atoms with Gasteiger partial charge in [0.2, 0.25) is 0 Å². The highest BCUT2D eigenvalue weighted by atomic mass is 79.9. The molecule has 1 saturated heterocycles. The first-order chi connectivity index (χ1) is 7.93. The Labute approximate surface area is 111 Å². The molecule has 92 valence electrons. The Kier molecular flexibility index (Phi) is 3.30. The second-order valence-electron chi connectivity index (χ2n) is 5.17. The van der Waals surface area contributed by atoms with Crippen LogP contribution in [0.5, 0.6) is 0 Å². The molecule has 0 unspecified atom stereocenters. The monoisotopic (exact) mass is 295 g/mol. The fraction of sp³-hybridized carbons (Fsp3) is 0.500. The van der Waals surface area contributed by atoms with Gasteiger partial charge in [0.05, 0.1) is 5.54 Å².